The summed E-state index contributed by atoms with van der Waals surface area (Å²) in [4.78, 5) is 11.8. The van der Waals surface area contributed by atoms with Crippen LogP contribution in [0, 0.1) is 5.41 Å². The standard InChI is InChI=1S/C27H37ClO4/c1-7-17-12-18(8-11-24(17)28)22-15-21(32-26(2,3)4)16-27(5,6)23(22)10-9-20-13-19(29)14-25(30)31-20/h8-12,19-21,29H,7,13-16H2,1-6H3/t19-,20-,21?/m1/s1. The van der Waals surface area contributed by atoms with Gasteiger partial charge in [0.15, 0.2) is 0 Å². The summed E-state index contributed by atoms with van der Waals surface area (Å²) in [7, 11) is 0. The lowest BCUT2D eigenvalue weighted by molar-refractivity contribution is -0.156. The molecule has 2 aliphatic rings. The summed E-state index contributed by atoms with van der Waals surface area (Å²) in [6, 6.07) is 6.25. The van der Waals surface area contributed by atoms with Gasteiger partial charge in [-0.05, 0) is 85.9 Å². The number of rotatable bonds is 5. The molecule has 1 unspecified atom stereocenters. The second-order valence-electron chi connectivity index (χ2n) is 10.7. The van der Waals surface area contributed by atoms with Crippen molar-refractivity contribution in [3.05, 3.63) is 52.1 Å². The number of halogens is 1. The smallest absolute Gasteiger partial charge is 0.309 e. The molecule has 4 nitrogen and oxygen atoms in total. The van der Waals surface area contributed by atoms with Gasteiger partial charge in [0.2, 0.25) is 0 Å². The molecule has 1 N–H and O–H groups in total. The zero-order valence-corrected chi connectivity index (χ0v) is 21.0. The van der Waals surface area contributed by atoms with Crippen LogP contribution < -0.4 is 0 Å². The van der Waals surface area contributed by atoms with Crippen LogP contribution in [0.3, 0.4) is 0 Å². The number of allylic oxidation sites excluding steroid dienone is 2. The number of aliphatic hydroxyl groups is 1. The van der Waals surface area contributed by atoms with Crippen LogP contribution in [-0.2, 0) is 20.7 Å². The number of hydrogen-bond acceptors (Lipinski definition) is 4. The van der Waals surface area contributed by atoms with Gasteiger partial charge in [0.25, 0.3) is 0 Å². The van der Waals surface area contributed by atoms with Crippen molar-refractivity contribution in [1.82, 2.24) is 0 Å². The Labute approximate surface area is 197 Å². The lowest BCUT2D eigenvalue weighted by Crippen LogP contribution is -2.35. The van der Waals surface area contributed by atoms with E-state index in [0.29, 0.717) is 6.42 Å². The second-order valence-corrected chi connectivity index (χ2v) is 11.1. The fourth-order valence-electron chi connectivity index (χ4n) is 4.84. The van der Waals surface area contributed by atoms with Gasteiger partial charge < -0.3 is 14.6 Å². The number of cyclic esters (lactones) is 1. The molecule has 32 heavy (non-hydrogen) atoms. The van der Waals surface area contributed by atoms with Crippen LogP contribution in [-0.4, -0.2) is 35.0 Å². The van der Waals surface area contributed by atoms with E-state index in [1.54, 1.807) is 0 Å². The first kappa shape index (κ1) is 25.0. The summed E-state index contributed by atoms with van der Waals surface area (Å²) in [5, 5.41) is 10.8. The zero-order chi connectivity index (χ0) is 23.7. The summed E-state index contributed by atoms with van der Waals surface area (Å²) in [5.41, 5.74) is 4.37. The van der Waals surface area contributed by atoms with Crippen molar-refractivity contribution in [3.63, 3.8) is 0 Å². The molecule has 0 radical (unpaired) electrons. The average molecular weight is 461 g/mol. The van der Waals surface area contributed by atoms with E-state index in [1.165, 1.54) is 11.1 Å². The van der Waals surface area contributed by atoms with E-state index in [2.05, 4.69) is 59.8 Å². The van der Waals surface area contributed by atoms with Gasteiger partial charge in [0.05, 0.1) is 24.2 Å². The molecule has 0 bridgehead atoms. The van der Waals surface area contributed by atoms with Gasteiger partial charge in [-0.25, -0.2) is 0 Å². The Balaban J connectivity index is 2.04. The highest BCUT2D eigenvalue weighted by Gasteiger charge is 2.37. The monoisotopic (exact) mass is 460 g/mol. The van der Waals surface area contributed by atoms with Crippen LogP contribution in [0.4, 0.5) is 0 Å². The van der Waals surface area contributed by atoms with E-state index in [0.717, 1.165) is 35.4 Å². The van der Waals surface area contributed by atoms with Crippen molar-refractivity contribution in [2.75, 3.05) is 0 Å². The largest absolute Gasteiger partial charge is 0.458 e. The van der Waals surface area contributed by atoms with Crippen molar-refractivity contribution >= 4 is 23.1 Å². The molecule has 1 aliphatic carbocycles. The van der Waals surface area contributed by atoms with Crippen LogP contribution >= 0.6 is 11.6 Å². The van der Waals surface area contributed by atoms with Gasteiger partial charge in [0, 0.05) is 11.4 Å². The SMILES string of the molecule is CCc1cc(C2=C(C=C[C@@H]3C[C@@H](O)CC(=O)O3)C(C)(C)CC(OC(C)(C)C)C2)ccc1Cl. The van der Waals surface area contributed by atoms with Gasteiger partial charge in [-0.1, -0.05) is 44.5 Å². The minimum atomic E-state index is -0.647. The molecular formula is C27H37ClO4. The van der Waals surface area contributed by atoms with Crippen LogP contribution in [0.2, 0.25) is 5.02 Å². The number of hydrogen-bond donors (Lipinski definition) is 1. The maximum atomic E-state index is 11.8. The molecule has 1 aromatic carbocycles. The summed E-state index contributed by atoms with van der Waals surface area (Å²) in [6.07, 6.45) is 6.15. The maximum absolute atomic E-state index is 11.8. The minimum Gasteiger partial charge on any atom is -0.458 e. The lowest BCUT2D eigenvalue weighted by atomic mass is 9.69. The number of esters is 1. The van der Waals surface area contributed by atoms with E-state index in [1.807, 2.05) is 12.1 Å². The number of carbonyl (C=O) groups excluding carboxylic acids is 1. The normalized spacial score (nSPS) is 26.5. The Kier molecular flexibility index (Phi) is 7.59. The molecule has 1 fully saturated rings. The van der Waals surface area contributed by atoms with Gasteiger partial charge in [-0.15, -0.1) is 0 Å². The van der Waals surface area contributed by atoms with Crippen LogP contribution in [0.15, 0.2) is 35.9 Å². The molecule has 1 aliphatic heterocycles. The van der Waals surface area contributed by atoms with E-state index in [9.17, 15) is 9.90 Å². The molecule has 1 heterocycles. The number of aliphatic hydroxyl groups excluding tert-OH is 1. The third kappa shape index (κ3) is 6.24. The quantitative estimate of drug-likeness (QED) is 0.525. The Morgan fingerprint density at radius 2 is 2.00 bits per heavy atom. The summed E-state index contributed by atoms with van der Waals surface area (Å²) >= 11 is 6.41. The summed E-state index contributed by atoms with van der Waals surface area (Å²) in [5.74, 6) is -0.348. The van der Waals surface area contributed by atoms with E-state index >= 15 is 0 Å². The Bertz CT molecular complexity index is 907. The highest BCUT2D eigenvalue weighted by molar-refractivity contribution is 6.31. The predicted octanol–water partition coefficient (Wildman–Crippen LogP) is 6.28. The molecule has 176 valence electrons. The fourth-order valence-corrected chi connectivity index (χ4v) is 5.10. The third-order valence-electron chi connectivity index (χ3n) is 6.19. The summed E-state index contributed by atoms with van der Waals surface area (Å²) < 4.78 is 11.9. The Morgan fingerprint density at radius 3 is 2.62 bits per heavy atom. The first-order chi connectivity index (χ1) is 14.9. The number of ether oxygens (including phenoxy) is 2. The molecular weight excluding hydrogens is 424 g/mol. The van der Waals surface area contributed by atoms with Gasteiger partial charge in [-0.3, -0.25) is 4.79 Å². The van der Waals surface area contributed by atoms with Gasteiger partial charge in [-0.2, -0.15) is 0 Å². The maximum Gasteiger partial charge on any atom is 0.309 e. The Morgan fingerprint density at radius 1 is 1.28 bits per heavy atom. The number of benzene rings is 1. The van der Waals surface area contributed by atoms with Crippen LogP contribution in [0.1, 0.15) is 78.4 Å². The van der Waals surface area contributed by atoms with Gasteiger partial charge >= 0.3 is 5.97 Å². The Hall–Kier alpha value is -1.62. The molecule has 0 amide bonds. The van der Waals surface area contributed by atoms with Crippen LogP contribution in [0.25, 0.3) is 5.57 Å². The molecule has 3 rings (SSSR count). The topological polar surface area (TPSA) is 55.8 Å². The molecule has 0 aromatic heterocycles. The summed E-state index contributed by atoms with van der Waals surface area (Å²) in [6.45, 7) is 12.9. The van der Waals surface area contributed by atoms with Crippen LogP contribution in [0.5, 0.6) is 0 Å². The first-order valence-electron chi connectivity index (χ1n) is 11.6. The number of carbonyl (C=O) groups is 1. The fraction of sp³-hybridized carbons (Fsp3) is 0.593. The van der Waals surface area contributed by atoms with Gasteiger partial charge in [0.1, 0.15) is 6.10 Å². The first-order valence-corrected chi connectivity index (χ1v) is 12.0. The van der Waals surface area contributed by atoms with E-state index in [-0.39, 0.29) is 29.5 Å². The highest BCUT2D eigenvalue weighted by atomic mass is 35.5. The minimum absolute atomic E-state index is 0.0696. The van der Waals surface area contributed by atoms with Crippen molar-refractivity contribution < 1.29 is 19.4 Å². The van der Waals surface area contributed by atoms with Crippen molar-refractivity contribution in [2.24, 2.45) is 5.41 Å². The second kappa shape index (κ2) is 9.70. The zero-order valence-electron chi connectivity index (χ0n) is 20.2. The molecule has 1 saturated heterocycles. The van der Waals surface area contributed by atoms with Crippen molar-refractivity contribution in [2.45, 2.75) is 97.6 Å². The molecule has 1 aromatic rings. The predicted molar refractivity (Wildman–Crippen MR) is 130 cm³/mol. The van der Waals surface area contributed by atoms with E-state index in [4.69, 9.17) is 21.1 Å². The lowest BCUT2D eigenvalue weighted by Gasteiger charge is -2.41. The third-order valence-corrected chi connectivity index (χ3v) is 6.56. The van der Waals surface area contributed by atoms with E-state index < -0.39 is 12.2 Å². The molecule has 3 atom stereocenters. The van der Waals surface area contributed by atoms with Crippen molar-refractivity contribution in [1.29, 1.82) is 0 Å². The molecule has 0 saturated carbocycles. The average Bonchev–Trinajstić information content (AvgIpc) is 2.64. The van der Waals surface area contributed by atoms with Crippen molar-refractivity contribution in [3.8, 4) is 0 Å². The molecule has 0 spiro atoms. The highest BCUT2D eigenvalue weighted by Crippen LogP contribution is 2.47. The number of aryl methyl sites for hydroxylation is 1. The molecule has 5 heteroatoms.